The van der Waals surface area contributed by atoms with Crippen LogP contribution in [-0.2, 0) is 45.5 Å². The minimum atomic E-state index is -4.25. The Balaban J connectivity index is 1.42. The van der Waals surface area contributed by atoms with Gasteiger partial charge in [0, 0.05) is 24.0 Å². The molecule has 0 aliphatic rings. The van der Waals surface area contributed by atoms with Crippen LogP contribution in [-0.4, -0.2) is 35.0 Å². The number of pyridine rings is 1. The predicted octanol–water partition coefficient (Wildman–Crippen LogP) is 7.71. The second kappa shape index (κ2) is 15.9. The number of carbonyl (C=O) groups excluding carboxylic acids is 2. The lowest BCUT2D eigenvalue weighted by molar-refractivity contribution is -0.116. The number of amides is 2. The van der Waals surface area contributed by atoms with E-state index in [1.165, 1.54) is 0 Å². The third-order valence-electron chi connectivity index (χ3n) is 8.23. The Bertz CT molecular complexity index is 2040. The molecule has 2 amide bonds. The molecule has 2 heterocycles. The van der Waals surface area contributed by atoms with Crippen molar-refractivity contribution in [3.63, 3.8) is 0 Å². The van der Waals surface area contributed by atoms with Crippen molar-refractivity contribution in [1.82, 2.24) is 19.3 Å². The topological polar surface area (TPSA) is 132 Å². The Morgan fingerprint density at radius 1 is 0.857 bits per heavy atom. The number of benzene rings is 3. The van der Waals surface area contributed by atoms with Gasteiger partial charge < -0.3 is 14.6 Å². The summed E-state index contributed by atoms with van der Waals surface area (Å²) >= 11 is 0. The number of hydrogen-bond donors (Lipinski definition) is 2. The Labute approximate surface area is 288 Å². The number of carbonyl (C=O) groups is 2. The van der Waals surface area contributed by atoms with Crippen LogP contribution in [0.25, 0.3) is 22.3 Å². The zero-order valence-corrected chi connectivity index (χ0v) is 29.3. The standard InChI is InChI=1S/C38H43N5O5S/c1-5-11-27-18-21-33(49(46,47)42-38(45)48-25-29-14-9-8-10-15-29)31(22-27)30-19-16-28(17-20-30)24-43-34(12-6-2)41-36-26(4)32(23-39-37(36)43)40-35(44)13-7-3/h8-10,14-23H,5-7,11-13,24-25H2,1-4H3,(H,40,44)(H,42,45). The van der Waals surface area contributed by atoms with E-state index in [1.54, 1.807) is 30.5 Å². The van der Waals surface area contributed by atoms with Crippen molar-refractivity contribution < 1.29 is 22.7 Å². The van der Waals surface area contributed by atoms with Crippen LogP contribution < -0.4 is 10.0 Å². The molecule has 0 unspecified atom stereocenters. The summed E-state index contributed by atoms with van der Waals surface area (Å²) in [7, 11) is -4.25. The largest absolute Gasteiger partial charge is 0.444 e. The highest BCUT2D eigenvalue weighted by molar-refractivity contribution is 7.90. The molecule has 0 spiro atoms. The van der Waals surface area contributed by atoms with Gasteiger partial charge in [-0.1, -0.05) is 87.9 Å². The van der Waals surface area contributed by atoms with E-state index in [4.69, 9.17) is 14.7 Å². The van der Waals surface area contributed by atoms with Gasteiger partial charge in [-0.2, -0.15) is 0 Å². The third-order valence-corrected chi connectivity index (χ3v) is 9.60. The van der Waals surface area contributed by atoms with Gasteiger partial charge in [-0.3, -0.25) is 4.79 Å². The summed E-state index contributed by atoms with van der Waals surface area (Å²) < 4.78 is 36.4. The molecular formula is C38H43N5O5S. The highest BCUT2D eigenvalue weighted by atomic mass is 32.2. The molecule has 3 aromatic carbocycles. The number of ether oxygens (including phenoxy) is 1. The number of nitrogens with one attached hydrogen (secondary N) is 2. The maximum atomic E-state index is 13.5. The minimum Gasteiger partial charge on any atom is -0.444 e. The van der Waals surface area contributed by atoms with E-state index in [-0.39, 0.29) is 17.4 Å². The Kier molecular flexibility index (Phi) is 11.5. The molecule has 0 saturated heterocycles. The van der Waals surface area contributed by atoms with Gasteiger partial charge >= 0.3 is 6.09 Å². The van der Waals surface area contributed by atoms with Gasteiger partial charge in [0.15, 0.2) is 5.65 Å². The maximum absolute atomic E-state index is 13.5. The first-order valence-corrected chi connectivity index (χ1v) is 18.2. The lowest BCUT2D eigenvalue weighted by atomic mass is 10.00. The van der Waals surface area contributed by atoms with E-state index in [1.807, 2.05) is 62.4 Å². The van der Waals surface area contributed by atoms with E-state index < -0.39 is 16.1 Å². The monoisotopic (exact) mass is 681 g/mol. The van der Waals surface area contributed by atoms with Crippen LogP contribution in [0.1, 0.15) is 74.5 Å². The summed E-state index contributed by atoms with van der Waals surface area (Å²) in [5.41, 5.74) is 6.95. The Morgan fingerprint density at radius 3 is 2.27 bits per heavy atom. The molecule has 256 valence electrons. The van der Waals surface area contributed by atoms with Gasteiger partial charge in [0.25, 0.3) is 10.0 Å². The molecule has 11 heteroatoms. The van der Waals surface area contributed by atoms with E-state index >= 15 is 0 Å². The van der Waals surface area contributed by atoms with Crippen LogP contribution >= 0.6 is 0 Å². The number of fused-ring (bicyclic) bond motifs is 1. The summed E-state index contributed by atoms with van der Waals surface area (Å²) in [5.74, 6) is 0.857. The highest BCUT2D eigenvalue weighted by Gasteiger charge is 2.24. The van der Waals surface area contributed by atoms with Gasteiger partial charge in [-0.15, -0.1) is 0 Å². The van der Waals surface area contributed by atoms with Crippen molar-refractivity contribution >= 4 is 38.9 Å². The van der Waals surface area contributed by atoms with Gasteiger partial charge in [0.05, 0.1) is 23.3 Å². The first-order chi connectivity index (χ1) is 23.6. The van der Waals surface area contributed by atoms with Crippen LogP contribution in [0.3, 0.4) is 0 Å². The van der Waals surface area contributed by atoms with Crippen molar-refractivity contribution in [3.8, 4) is 11.1 Å². The molecule has 0 fully saturated rings. The highest BCUT2D eigenvalue weighted by Crippen LogP contribution is 2.31. The van der Waals surface area contributed by atoms with E-state index in [0.717, 1.165) is 71.3 Å². The number of hydrogen-bond acceptors (Lipinski definition) is 7. The molecule has 0 atom stereocenters. The zero-order chi connectivity index (χ0) is 35.0. The summed E-state index contributed by atoms with van der Waals surface area (Å²) in [4.78, 5) is 34.5. The Hall–Kier alpha value is -5.03. The zero-order valence-electron chi connectivity index (χ0n) is 28.5. The lowest BCUT2D eigenvalue weighted by Crippen LogP contribution is -2.31. The number of aromatic nitrogens is 3. The molecule has 5 aromatic rings. The molecule has 10 nitrogen and oxygen atoms in total. The van der Waals surface area contributed by atoms with Crippen LogP contribution in [0.4, 0.5) is 10.5 Å². The molecule has 0 aliphatic heterocycles. The fraction of sp³-hybridized carbons (Fsp3) is 0.316. The molecule has 2 N–H and O–H groups in total. The van der Waals surface area contributed by atoms with Crippen molar-refractivity contribution in [1.29, 1.82) is 0 Å². The van der Waals surface area contributed by atoms with Crippen molar-refractivity contribution in [2.45, 2.75) is 84.3 Å². The summed E-state index contributed by atoms with van der Waals surface area (Å²) in [6.07, 6.45) is 5.19. The normalized spacial score (nSPS) is 11.4. The quantitative estimate of drug-likeness (QED) is 0.123. The van der Waals surface area contributed by atoms with Crippen molar-refractivity contribution in [2.24, 2.45) is 0 Å². The molecule has 0 radical (unpaired) electrons. The van der Waals surface area contributed by atoms with E-state index in [9.17, 15) is 18.0 Å². The molecule has 0 aliphatic carbocycles. The summed E-state index contributed by atoms with van der Waals surface area (Å²) in [5, 5.41) is 2.96. The SMILES string of the molecule is CCCC(=O)Nc1cnc2c(nc(CCC)n2Cc2ccc(-c3cc(CCC)ccc3S(=O)(=O)NC(=O)OCc3ccccc3)cc2)c1C. The first kappa shape index (κ1) is 35.3. The fourth-order valence-electron chi connectivity index (χ4n) is 5.74. The molecule has 2 aromatic heterocycles. The number of nitrogens with zero attached hydrogens (tertiary/aromatic N) is 3. The van der Waals surface area contributed by atoms with Gasteiger partial charge in [0.2, 0.25) is 5.91 Å². The number of imidazole rings is 1. The third kappa shape index (κ3) is 8.53. The molecule has 0 bridgehead atoms. The average Bonchev–Trinajstić information content (AvgIpc) is 3.43. The van der Waals surface area contributed by atoms with Crippen LogP contribution in [0, 0.1) is 6.92 Å². The number of rotatable bonds is 14. The molecule has 5 rings (SSSR count). The first-order valence-electron chi connectivity index (χ1n) is 16.7. The number of anilines is 1. The van der Waals surface area contributed by atoms with E-state index in [0.29, 0.717) is 29.8 Å². The second-order valence-corrected chi connectivity index (χ2v) is 13.7. The van der Waals surface area contributed by atoms with Crippen LogP contribution in [0.2, 0.25) is 0 Å². The van der Waals surface area contributed by atoms with Gasteiger partial charge in [-0.05, 0) is 60.6 Å². The van der Waals surface area contributed by atoms with Crippen molar-refractivity contribution in [3.05, 3.63) is 107 Å². The predicted molar refractivity (Wildman–Crippen MR) is 192 cm³/mol. The Morgan fingerprint density at radius 2 is 1.57 bits per heavy atom. The fourth-order valence-corrected chi connectivity index (χ4v) is 6.84. The summed E-state index contributed by atoms with van der Waals surface area (Å²) in [6.45, 7) is 8.54. The van der Waals surface area contributed by atoms with Gasteiger partial charge in [0.1, 0.15) is 17.9 Å². The smallest absolute Gasteiger partial charge is 0.421 e. The molecule has 0 saturated carbocycles. The lowest BCUT2D eigenvalue weighted by Gasteiger charge is -2.15. The number of aryl methyl sites for hydroxylation is 3. The van der Waals surface area contributed by atoms with Crippen LogP contribution in [0.5, 0.6) is 0 Å². The van der Waals surface area contributed by atoms with Gasteiger partial charge in [-0.25, -0.2) is 27.9 Å². The number of sulfonamides is 1. The average molecular weight is 682 g/mol. The summed E-state index contributed by atoms with van der Waals surface area (Å²) in [6, 6.07) is 22.0. The van der Waals surface area contributed by atoms with E-state index in [2.05, 4.69) is 28.5 Å². The minimum absolute atomic E-state index is 0.0101. The molecule has 49 heavy (non-hydrogen) atoms. The van der Waals surface area contributed by atoms with Crippen LogP contribution in [0.15, 0.2) is 83.9 Å². The molecular weight excluding hydrogens is 639 g/mol. The second-order valence-electron chi connectivity index (χ2n) is 12.1. The van der Waals surface area contributed by atoms with Crippen molar-refractivity contribution in [2.75, 3.05) is 5.32 Å². The maximum Gasteiger partial charge on any atom is 0.421 e.